The van der Waals surface area contributed by atoms with Gasteiger partial charge in [-0.05, 0) is 43.9 Å². The Bertz CT molecular complexity index is 411. The summed E-state index contributed by atoms with van der Waals surface area (Å²) >= 11 is 0. The van der Waals surface area contributed by atoms with E-state index in [0.29, 0.717) is 31.9 Å². The number of carbonyl (C=O) groups excluding carboxylic acids is 1. The molecule has 0 bridgehead atoms. The van der Waals surface area contributed by atoms with Gasteiger partial charge in [-0.15, -0.1) is 0 Å². The summed E-state index contributed by atoms with van der Waals surface area (Å²) in [6.07, 6.45) is 2.68. The van der Waals surface area contributed by atoms with Gasteiger partial charge in [-0.1, -0.05) is 31.2 Å². The van der Waals surface area contributed by atoms with Crippen LogP contribution >= 0.6 is 0 Å². The maximum atomic E-state index is 11.6. The molecular weight excluding hydrogens is 282 g/mol. The van der Waals surface area contributed by atoms with Crippen LogP contribution in [-0.4, -0.2) is 37.6 Å². The van der Waals surface area contributed by atoms with Gasteiger partial charge in [0.05, 0.1) is 31.9 Å². The fourth-order valence-electron chi connectivity index (χ4n) is 1.79. The van der Waals surface area contributed by atoms with Crippen LogP contribution in [-0.2, 0) is 20.8 Å². The topological polar surface area (TPSA) is 48.0 Å². The molecule has 0 aromatic heterocycles. The molecule has 0 unspecified atom stereocenters. The molecule has 0 aliphatic heterocycles. The maximum absolute atomic E-state index is 11.6. The average Bonchev–Trinajstić information content (AvgIpc) is 2.55. The fourth-order valence-corrected chi connectivity index (χ4v) is 1.79. The Hall–Kier alpha value is -1.43. The zero-order chi connectivity index (χ0) is 16.2. The van der Waals surface area contributed by atoms with Gasteiger partial charge in [-0.25, -0.2) is 4.79 Å². The van der Waals surface area contributed by atoms with E-state index in [1.807, 2.05) is 12.1 Å². The Labute approximate surface area is 133 Å². The number of esters is 1. The Morgan fingerprint density at radius 1 is 1.00 bits per heavy atom. The van der Waals surface area contributed by atoms with Crippen molar-refractivity contribution in [3.05, 3.63) is 35.4 Å². The highest BCUT2D eigenvalue weighted by molar-refractivity contribution is 5.89. The first-order valence-corrected chi connectivity index (χ1v) is 8.00. The molecule has 1 aromatic carbocycles. The molecule has 0 saturated carbocycles. The Balaban J connectivity index is 2.48. The molecule has 0 spiro atoms. The van der Waals surface area contributed by atoms with Gasteiger partial charge in [0.25, 0.3) is 0 Å². The molecule has 0 atom stereocenters. The second-order valence-corrected chi connectivity index (χ2v) is 4.89. The second kappa shape index (κ2) is 11.2. The van der Waals surface area contributed by atoms with Crippen LogP contribution in [0.25, 0.3) is 0 Å². The third-order valence-corrected chi connectivity index (χ3v) is 2.93. The van der Waals surface area contributed by atoms with Crippen molar-refractivity contribution in [3.63, 3.8) is 0 Å². The molecule has 1 rings (SSSR count). The van der Waals surface area contributed by atoms with Crippen molar-refractivity contribution in [1.29, 1.82) is 0 Å². The molecule has 124 valence electrons. The van der Waals surface area contributed by atoms with E-state index in [9.17, 15) is 4.79 Å². The number of benzene rings is 1. The van der Waals surface area contributed by atoms with Crippen LogP contribution < -0.4 is 0 Å². The van der Waals surface area contributed by atoms with Gasteiger partial charge in [-0.2, -0.15) is 0 Å². The minimum absolute atomic E-state index is 0.284. The number of hydroxylamine groups is 2. The summed E-state index contributed by atoms with van der Waals surface area (Å²) in [5, 5.41) is 1.56. The molecule has 0 fully saturated rings. The van der Waals surface area contributed by atoms with E-state index in [0.717, 1.165) is 24.8 Å². The molecule has 0 saturated heterocycles. The summed E-state index contributed by atoms with van der Waals surface area (Å²) < 4.78 is 4.97. The summed E-state index contributed by atoms with van der Waals surface area (Å²) in [6, 6.07) is 7.45. The number of nitrogens with zero attached hydrogens (tertiary/aromatic N) is 1. The zero-order valence-corrected chi connectivity index (χ0v) is 13.8. The van der Waals surface area contributed by atoms with Crippen molar-refractivity contribution < 1.29 is 19.2 Å². The van der Waals surface area contributed by atoms with Gasteiger partial charge in [0.1, 0.15) is 0 Å². The van der Waals surface area contributed by atoms with Crippen LogP contribution in [0.1, 0.15) is 49.5 Å². The zero-order valence-electron chi connectivity index (χ0n) is 13.8. The molecule has 22 heavy (non-hydrogen) atoms. The summed E-state index contributed by atoms with van der Waals surface area (Å²) in [5.74, 6) is -0.284. The van der Waals surface area contributed by atoms with Gasteiger partial charge >= 0.3 is 5.97 Å². The van der Waals surface area contributed by atoms with Crippen molar-refractivity contribution in [2.45, 2.75) is 40.0 Å². The van der Waals surface area contributed by atoms with Crippen LogP contribution in [0, 0.1) is 0 Å². The molecule has 0 heterocycles. The minimum atomic E-state index is -0.284. The van der Waals surface area contributed by atoms with Gasteiger partial charge in [-0.3, -0.25) is 9.68 Å². The van der Waals surface area contributed by atoms with E-state index >= 15 is 0 Å². The normalized spacial score (nSPS) is 10.9. The van der Waals surface area contributed by atoms with Crippen molar-refractivity contribution in [2.24, 2.45) is 0 Å². The molecular formula is C17H27NO4. The lowest BCUT2D eigenvalue weighted by molar-refractivity contribution is -0.367. The van der Waals surface area contributed by atoms with Crippen molar-refractivity contribution in [2.75, 3.05) is 26.4 Å². The number of hydrogen-bond acceptors (Lipinski definition) is 5. The van der Waals surface area contributed by atoms with Crippen LogP contribution in [0.2, 0.25) is 0 Å². The highest BCUT2D eigenvalue weighted by Gasteiger charge is 2.08. The van der Waals surface area contributed by atoms with Gasteiger partial charge in [0.15, 0.2) is 0 Å². The molecule has 0 radical (unpaired) electrons. The quantitative estimate of drug-likeness (QED) is 0.463. The van der Waals surface area contributed by atoms with E-state index in [-0.39, 0.29) is 5.97 Å². The molecule has 0 aliphatic carbocycles. The standard InChI is InChI=1S/C17H27NO4/c1-4-13-21-18(22-14-5-2)12-11-15-7-9-16(10-8-15)17(19)20-6-3/h7-10H,4-6,11-14H2,1-3H3. The average molecular weight is 309 g/mol. The molecule has 5 heteroatoms. The lowest BCUT2D eigenvalue weighted by Gasteiger charge is -2.20. The molecule has 1 aromatic rings. The van der Waals surface area contributed by atoms with E-state index < -0.39 is 0 Å². The minimum Gasteiger partial charge on any atom is -0.462 e. The predicted molar refractivity (Wildman–Crippen MR) is 85.3 cm³/mol. The van der Waals surface area contributed by atoms with Crippen molar-refractivity contribution in [3.8, 4) is 0 Å². The molecule has 0 amide bonds. The van der Waals surface area contributed by atoms with Gasteiger partial charge < -0.3 is 4.74 Å². The Morgan fingerprint density at radius 3 is 2.09 bits per heavy atom. The summed E-state index contributed by atoms with van der Waals surface area (Å²) in [5.41, 5.74) is 1.70. The summed E-state index contributed by atoms with van der Waals surface area (Å²) in [6.45, 7) is 8.25. The largest absolute Gasteiger partial charge is 0.462 e. The summed E-state index contributed by atoms with van der Waals surface area (Å²) in [7, 11) is 0. The predicted octanol–water partition coefficient (Wildman–Crippen LogP) is 3.39. The number of hydrogen-bond donors (Lipinski definition) is 0. The fraction of sp³-hybridized carbons (Fsp3) is 0.588. The van der Waals surface area contributed by atoms with E-state index in [1.54, 1.807) is 24.3 Å². The van der Waals surface area contributed by atoms with Crippen LogP contribution in [0.15, 0.2) is 24.3 Å². The molecule has 0 aliphatic rings. The third kappa shape index (κ3) is 7.02. The van der Waals surface area contributed by atoms with Crippen LogP contribution in [0.5, 0.6) is 0 Å². The SMILES string of the molecule is CCCON(CCc1ccc(C(=O)OCC)cc1)OCCC. The Morgan fingerprint density at radius 2 is 1.59 bits per heavy atom. The van der Waals surface area contributed by atoms with Gasteiger partial charge in [0.2, 0.25) is 0 Å². The number of carbonyl (C=O) groups is 1. The molecule has 5 nitrogen and oxygen atoms in total. The highest BCUT2D eigenvalue weighted by atomic mass is 16.9. The summed E-state index contributed by atoms with van der Waals surface area (Å²) in [4.78, 5) is 22.7. The highest BCUT2D eigenvalue weighted by Crippen LogP contribution is 2.08. The number of rotatable bonds is 11. The van der Waals surface area contributed by atoms with E-state index in [2.05, 4.69) is 13.8 Å². The Kier molecular flexibility index (Phi) is 9.46. The van der Waals surface area contributed by atoms with Crippen molar-refractivity contribution in [1.82, 2.24) is 5.23 Å². The first kappa shape index (κ1) is 18.6. The van der Waals surface area contributed by atoms with Gasteiger partial charge in [0, 0.05) is 0 Å². The first-order valence-electron chi connectivity index (χ1n) is 8.00. The molecule has 0 N–H and O–H groups in total. The van der Waals surface area contributed by atoms with Crippen LogP contribution in [0.3, 0.4) is 0 Å². The maximum Gasteiger partial charge on any atom is 0.338 e. The number of ether oxygens (including phenoxy) is 1. The van der Waals surface area contributed by atoms with Crippen LogP contribution in [0.4, 0.5) is 0 Å². The van der Waals surface area contributed by atoms with E-state index in [1.165, 1.54) is 0 Å². The lowest BCUT2D eigenvalue weighted by Crippen LogP contribution is -2.27. The monoisotopic (exact) mass is 309 g/mol. The van der Waals surface area contributed by atoms with Crippen molar-refractivity contribution >= 4 is 5.97 Å². The third-order valence-electron chi connectivity index (χ3n) is 2.93. The smallest absolute Gasteiger partial charge is 0.338 e. The second-order valence-electron chi connectivity index (χ2n) is 4.89. The van der Waals surface area contributed by atoms with E-state index in [4.69, 9.17) is 14.4 Å². The lowest BCUT2D eigenvalue weighted by atomic mass is 10.1. The first-order chi connectivity index (χ1) is 10.7.